The minimum absolute atomic E-state index is 0.111. The lowest BCUT2D eigenvalue weighted by Crippen LogP contribution is -2.66. The molecule has 3 atom stereocenters. The van der Waals surface area contributed by atoms with Gasteiger partial charge in [0.2, 0.25) is 5.91 Å². The summed E-state index contributed by atoms with van der Waals surface area (Å²) in [5, 5.41) is 4.70. The van der Waals surface area contributed by atoms with E-state index >= 15 is 0 Å². The van der Waals surface area contributed by atoms with Gasteiger partial charge in [-0.3, -0.25) is 4.79 Å². The Kier molecular flexibility index (Phi) is 9.47. The van der Waals surface area contributed by atoms with Crippen molar-refractivity contribution >= 4 is 30.7 Å². The third-order valence-electron chi connectivity index (χ3n) is 7.90. The van der Waals surface area contributed by atoms with Gasteiger partial charge >= 0.3 is 6.09 Å². The number of ether oxygens (including phenoxy) is 1. The first-order valence-electron chi connectivity index (χ1n) is 13.8. The molecule has 6 nitrogen and oxygen atoms in total. The number of hydrogen-bond donors (Lipinski definition) is 2. The monoisotopic (exact) mass is 538 g/mol. The summed E-state index contributed by atoms with van der Waals surface area (Å²) in [4.78, 5) is 39.6. The highest BCUT2D eigenvalue weighted by molar-refractivity contribution is 6.98. The van der Waals surface area contributed by atoms with Crippen LogP contribution in [0.1, 0.15) is 66.7 Å². The number of hydrogen-bond acceptors (Lipinski definition) is 4. The molecule has 0 aromatic heterocycles. The first-order valence-corrected chi connectivity index (χ1v) is 15.7. The molecule has 0 bridgehead atoms. The molecule has 7 heteroatoms. The molecule has 38 heavy (non-hydrogen) atoms. The van der Waals surface area contributed by atoms with Gasteiger partial charge in [-0.2, -0.15) is 0 Å². The van der Waals surface area contributed by atoms with Crippen LogP contribution >= 0.6 is 0 Å². The maximum absolute atomic E-state index is 12.9. The Labute approximate surface area is 229 Å². The second kappa shape index (κ2) is 12.0. The molecule has 1 aliphatic rings. The zero-order valence-corrected chi connectivity index (χ0v) is 25.2. The average molecular weight is 539 g/mol. The lowest BCUT2D eigenvalue weighted by atomic mass is 9.73. The van der Waals surface area contributed by atoms with Crippen LogP contribution in [0.5, 0.6) is 0 Å². The number of rotatable bonds is 8. The molecule has 3 rings (SSSR count). The van der Waals surface area contributed by atoms with Crippen LogP contribution in [-0.4, -0.2) is 55.8 Å². The summed E-state index contributed by atoms with van der Waals surface area (Å²) in [6, 6.07) is 20.0. The van der Waals surface area contributed by atoms with Crippen molar-refractivity contribution in [3.8, 4) is 0 Å². The molecule has 0 spiro atoms. The van der Waals surface area contributed by atoms with Crippen molar-refractivity contribution in [1.82, 2.24) is 10.2 Å². The predicted octanol–water partition coefficient (Wildman–Crippen LogP) is 4.70. The Morgan fingerprint density at radius 3 is 1.95 bits per heavy atom. The van der Waals surface area contributed by atoms with Gasteiger partial charge in [0.1, 0.15) is 5.60 Å². The van der Waals surface area contributed by atoms with Crippen molar-refractivity contribution in [2.24, 2.45) is 11.8 Å². The van der Waals surface area contributed by atoms with Crippen LogP contribution in [0.15, 0.2) is 60.7 Å². The van der Waals surface area contributed by atoms with E-state index in [-0.39, 0.29) is 23.8 Å². The highest BCUT2D eigenvalue weighted by Crippen LogP contribution is 2.46. The van der Waals surface area contributed by atoms with Gasteiger partial charge in [0.05, 0.1) is 0 Å². The van der Waals surface area contributed by atoms with Crippen molar-refractivity contribution in [2.75, 3.05) is 14.1 Å². The van der Waals surface area contributed by atoms with Gasteiger partial charge in [-0.15, -0.1) is 0 Å². The number of benzene rings is 2. The van der Waals surface area contributed by atoms with E-state index in [1.54, 1.807) is 19.0 Å². The fourth-order valence-electron chi connectivity index (χ4n) is 5.93. The molecule has 0 unspecified atom stereocenters. The highest BCUT2D eigenvalue weighted by Gasteiger charge is 2.51. The van der Waals surface area contributed by atoms with Gasteiger partial charge in [-0.25, -0.2) is 4.79 Å². The SMILES string of the molecule is CN(C)C(=O)C[C@H]1CC[C@@H](CC(C)(C)[Si](O)(c2ccccc2)c2ccccc2)[C@H](NC(=O)OC(C)(C)C)C1. The largest absolute Gasteiger partial charge is 0.444 e. The van der Waals surface area contributed by atoms with Crippen molar-refractivity contribution in [2.45, 2.75) is 83.4 Å². The number of carbonyl (C=O) groups is 2. The molecular weight excluding hydrogens is 492 g/mol. The minimum Gasteiger partial charge on any atom is -0.444 e. The number of alkyl carbamates (subject to hydrolysis) is 1. The van der Waals surface area contributed by atoms with E-state index in [0.29, 0.717) is 6.42 Å². The Bertz CT molecular complexity index is 1030. The van der Waals surface area contributed by atoms with Crippen molar-refractivity contribution in [3.05, 3.63) is 60.7 Å². The minimum atomic E-state index is -3.18. The molecule has 0 aliphatic heterocycles. The fraction of sp³-hybridized carbons (Fsp3) is 0.548. The molecule has 1 aliphatic carbocycles. The highest BCUT2D eigenvalue weighted by atomic mass is 28.4. The summed E-state index contributed by atoms with van der Waals surface area (Å²) < 4.78 is 5.61. The van der Waals surface area contributed by atoms with E-state index in [2.05, 4.69) is 19.2 Å². The lowest BCUT2D eigenvalue weighted by Gasteiger charge is -2.46. The molecule has 1 saturated carbocycles. The second-order valence-corrected chi connectivity index (χ2v) is 16.6. The third-order valence-corrected chi connectivity index (χ3v) is 12.4. The Morgan fingerprint density at radius 2 is 1.47 bits per heavy atom. The molecular formula is C31H46N2O4Si. The van der Waals surface area contributed by atoms with E-state index in [1.165, 1.54) is 0 Å². The summed E-state index contributed by atoms with van der Waals surface area (Å²) in [6.45, 7) is 9.92. The summed E-state index contributed by atoms with van der Waals surface area (Å²) in [6.07, 6.45) is 3.31. The van der Waals surface area contributed by atoms with Gasteiger partial charge in [-0.1, -0.05) is 74.5 Å². The second-order valence-electron chi connectivity index (χ2n) is 12.7. The lowest BCUT2D eigenvalue weighted by molar-refractivity contribution is -0.130. The quantitative estimate of drug-likeness (QED) is 0.478. The summed E-state index contributed by atoms with van der Waals surface area (Å²) >= 11 is 0. The van der Waals surface area contributed by atoms with Crippen LogP contribution in [0.25, 0.3) is 0 Å². The Balaban J connectivity index is 1.91. The first kappa shape index (κ1) is 29.9. The molecule has 0 saturated heterocycles. The molecule has 2 amide bonds. The standard InChI is InChI=1S/C31H46N2O4Si/c1-30(2,3)37-29(35)32-27-20-23(21-28(34)33(6)7)18-19-24(27)22-31(4,5)38(36,25-14-10-8-11-15-25)26-16-12-9-13-17-26/h8-17,23-24,27,36H,18-22H2,1-7H3,(H,32,35)/t23-,24-,27+/m0/s1. The maximum atomic E-state index is 12.9. The number of nitrogens with zero attached hydrogens (tertiary/aromatic N) is 1. The fourth-order valence-corrected chi connectivity index (χ4v) is 9.73. The van der Waals surface area contributed by atoms with E-state index in [9.17, 15) is 14.4 Å². The maximum Gasteiger partial charge on any atom is 0.407 e. The van der Waals surface area contributed by atoms with Gasteiger partial charge in [0, 0.05) is 26.6 Å². The van der Waals surface area contributed by atoms with Crippen molar-refractivity contribution < 1.29 is 19.1 Å². The van der Waals surface area contributed by atoms with E-state index in [1.807, 2.05) is 81.4 Å². The molecule has 0 radical (unpaired) electrons. The molecule has 2 aromatic carbocycles. The molecule has 2 N–H and O–H groups in total. The molecule has 208 valence electrons. The zero-order chi connectivity index (χ0) is 28.1. The zero-order valence-electron chi connectivity index (χ0n) is 24.2. The van der Waals surface area contributed by atoms with E-state index in [0.717, 1.165) is 36.1 Å². The van der Waals surface area contributed by atoms with Crippen LogP contribution < -0.4 is 15.7 Å². The van der Waals surface area contributed by atoms with Crippen LogP contribution in [0, 0.1) is 11.8 Å². The molecule has 1 fully saturated rings. The van der Waals surface area contributed by atoms with Crippen LogP contribution in [0.3, 0.4) is 0 Å². The van der Waals surface area contributed by atoms with E-state index in [4.69, 9.17) is 4.74 Å². The van der Waals surface area contributed by atoms with Gasteiger partial charge in [0.25, 0.3) is 8.32 Å². The Hall–Kier alpha value is -2.64. The third kappa shape index (κ3) is 7.26. The van der Waals surface area contributed by atoms with E-state index < -0.39 is 25.0 Å². The average Bonchev–Trinajstić information content (AvgIpc) is 2.84. The number of carbonyl (C=O) groups excluding carboxylic acids is 2. The van der Waals surface area contributed by atoms with Gasteiger partial charge in [-0.05, 0) is 73.7 Å². The van der Waals surface area contributed by atoms with Crippen LogP contribution in [-0.2, 0) is 9.53 Å². The number of amides is 2. The van der Waals surface area contributed by atoms with Gasteiger partial charge in [0.15, 0.2) is 0 Å². The summed E-state index contributed by atoms with van der Waals surface area (Å²) in [5.74, 6) is 0.456. The molecule has 0 heterocycles. The van der Waals surface area contributed by atoms with Crippen molar-refractivity contribution in [3.63, 3.8) is 0 Å². The van der Waals surface area contributed by atoms with Crippen LogP contribution in [0.4, 0.5) is 4.79 Å². The topological polar surface area (TPSA) is 78.9 Å². The van der Waals surface area contributed by atoms with Gasteiger partial charge < -0.3 is 19.7 Å². The molecule has 2 aromatic rings. The smallest absolute Gasteiger partial charge is 0.407 e. The summed E-state index contributed by atoms with van der Waals surface area (Å²) in [5.41, 5.74) is -0.596. The Morgan fingerprint density at radius 1 is 0.947 bits per heavy atom. The van der Waals surface area contributed by atoms with Crippen molar-refractivity contribution in [1.29, 1.82) is 0 Å². The number of nitrogens with one attached hydrogen (secondary N) is 1. The predicted molar refractivity (Wildman–Crippen MR) is 156 cm³/mol. The first-order chi connectivity index (χ1) is 17.7. The normalized spacial score (nSPS) is 20.5. The van der Waals surface area contributed by atoms with Crippen LogP contribution in [0.2, 0.25) is 5.04 Å². The summed E-state index contributed by atoms with van der Waals surface area (Å²) in [7, 11) is 0.383.